The largest absolute Gasteiger partial charge is 0.493 e. The maximum Gasteiger partial charge on any atom is 0.179 e. The molecule has 102 valence electrons. The van der Waals surface area contributed by atoms with Crippen LogP contribution in [-0.2, 0) is 6.54 Å². The second kappa shape index (κ2) is 7.49. The lowest BCUT2D eigenvalue weighted by Crippen LogP contribution is -2.09. The lowest BCUT2D eigenvalue weighted by atomic mass is 10.1. The van der Waals surface area contributed by atoms with Crippen molar-refractivity contribution in [3.05, 3.63) is 22.7 Å². The van der Waals surface area contributed by atoms with Gasteiger partial charge in [-0.25, -0.2) is 0 Å². The van der Waals surface area contributed by atoms with Gasteiger partial charge in [-0.3, -0.25) is 0 Å². The molecule has 0 amide bonds. The van der Waals surface area contributed by atoms with E-state index in [1.54, 1.807) is 7.11 Å². The van der Waals surface area contributed by atoms with Crippen molar-refractivity contribution in [1.82, 2.24) is 0 Å². The first kappa shape index (κ1) is 15.1. The molecule has 1 aromatic carbocycles. The Morgan fingerprint density at radius 1 is 1.39 bits per heavy atom. The van der Waals surface area contributed by atoms with Gasteiger partial charge in [0.2, 0.25) is 0 Å². The summed E-state index contributed by atoms with van der Waals surface area (Å²) in [6, 6.07) is 3.69. The Labute approximate surface area is 114 Å². The molecule has 3 nitrogen and oxygen atoms in total. The van der Waals surface area contributed by atoms with Crippen molar-refractivity contribution in [3.8, 4) is 11.5 Å². The van der Waals surface area contributed by atoms with Crippen LogP contribution in [0.2, 0.25) is 5.02 Å². The highest BCUT2D eigenvalue weighted by Crippen LogP contribution is 2.36. The molecule has 18 heavy (non-hydrogen) atoms. The van der Waals surface area contributed by atoms with Gasteiger partial charge in [-0.05, 0) is 30.0 Å². The van der Waals surface area contributed by atoms with Gasteiger partial charge >= 0.3 is 0 Å². The third kappa shape index (κ3) is 4.07. The van der Waals surface area contributed by atoms with Crippen LogP contribution in [0, 0.1) is 5.92 Å². The highest BCUT2D eigenvalue weighted by Gasteiger charge is 2.13. The van der Waals surface area contributed by atoms with Crippen LogP contribution in [0.3, 0.4) is 0 Å². The van der Waals surface area contributed by atoms with E-state index < -0.39 is 0 Å². The van der Waals surface area contributed by atoms with E-state index in [1.807, 2.05) is 12.1 Å². The van der Waals surface area contributed by atoms with E-state index >= 15 is 0 Å². The Morgan fingerprint density at radius 2 is 2.11 bits per heavy atom. The number of methoxy groups -OCH3 is 1. The summed E-state index contributed by atoms with van der Waals surface area (Å²) < 4.78 is 11.1. The third-order valence-electron chi connectivity index (χ3n) is 2.82. The molecule has 1 unspecified atom stereocenters. The predicted octanol–water partition coefficient (Wildman–Crippen LogP) is 3.62. The molecule has 1 atom stereocenters. The van der Waals surface area contributed by atoms with Gasteiger partial charge in [0.25, 0.3) is 0 Å². The third-order valence-corrected chi connectivity index (χ3v) is 3.10. The molecule has 0 radical (unpaired) electrons. The van der Waals surface area contributed by atoms with Crippen molar-refractivity contribution >= 4 is 11.6 Å². The summed E-state index contributed by atoms with van der Waals surface area (Å²) in [6.45, 7) is 5.41. The molecule has 1 aromatic rings. The quantitative estimate of drug-likeness (QED) is 0.824. The van der Waals surface area contributed by atoms with Gasteiger partial charge in [0, 0.05) is 6.54 Å². The van der Waals surface area contributed by atoms with Crippen LogP contribution < -0.4 is 15.2 Å². The first-order chi connectivity index (χ1) is 8.62. The van der Waals surface area contributed by atoms with Gasteiger partial charge < -0.3 is 15.2 Å². The number of rotatable bonds is 7. The Bertz CT molecular complexity index is 382. The SMILES string of the molecule is CCCC(C)COc1c(Cl)cc(CN)cc1OC. The van der Waals surface area contributed by atoms with E-state index in [2.05, 4.69) is 13.8 Å². The number of nitrogens with two attached hydrogens (primary N) is 1. The maximum atomic E-state index is 6.19. The van der Waals surface area contributed by atoms with Gasteiger partial charge in [-0.15, -0.1) is 0 Å². The zero-order valence-electron chi connectivity index (χ0n) is 11.3. The summed E-state index contributed by atoms with van der Waals surface area (Å²) >= 11 is 6.19. The summed E-state index contributed by atoms with van der Waals surface area (Å²) in [6.07, 6.45) is 2.29. The molecule has 2 N–H and O–H groups in total. The van der Waals surface area contributed by atoms with Gasteiger partial charge in [-0.1, -0.05) is 31.9 Å². The molecule has 0 heterocycles. The summed E-state index contributed by atoms with van der Waals surface area (Å²) in [4.78, 5) is 0. The van der Waals surface area contributed by atoms with E-state index in [0.717, 1.165) is 18.4 Å². The van der Waals surface area contributed by atoms with Crippen molar-refractivity contribution in [2.24, 2.45) is 11.7 Å². The van der Waals surface area contributed by atoms with Crippen LogP contribution in [-0.4, -0.2) is 13.7 Å². The highest BCUT2D eigenvalue weighted by atomic mass is 35.5. The minimum Gasteiger partial charge on any atom is -0.493 e. The van der Waals surface area contributed by atoms with Crippen LogP contribution >= 0.6 is 11.6 Å². The van der Waals surface area contributed by atoms with Crippen LogP contribution in [0.5, 0.6) is 11.5 Å². The van der Waals surface area contributed by atoms with Crippen molar-refractivity contribution in [1.29, 1.82) is 0 Å². The fraction of sp³-hybridized carbons (Fsp3) is 0.571. The van der Waals surface area contributed by atoms with Crippen molar-refractivity contribution in [2.45, 2.75) is 33.2 Å². The van der Waals surface area contributed by atoms with Gasteiger partial charge in [0.05, 0.1) is 18.7 Å². The van der Waals surface area contributed by atoms with Crippen molar-refractivity contribution < 1.29 is 9.47 Å². The maximum absolute atomic E-state index is 6.19. The Balaban J connectivity index is 2.81. The van der Waals surface area contributed by atoms with Gasteiger partial charge in [0.15, 0.2) is 11.5 Å². The fourth-order valence-corrected chi connectivity index (χ4v) is 2.12. The molecule has 0 aliphatic rings. The van der Waals surface area contributed by atoms with Crippen molar-refractivity contribution in [2.75, 3.05) is 13.7 Å². The minimum absolute atomic E-state index is 0.433. The molecule has 0 spiro atoms. The molecule has 0 aliphatic carbocycles. The highest BCUT2D eigenvalue weighted by molar-refractivity contribution is 6.32. The smallest absolute Gasteiger partial charge is 0.179 e. The first-order valence-electron chi connectivity index (χ1n) is 6.31. The summed E-state index contributed by atoms with van der Waals surface area (Å²) in [7, 11) is 1.61. The summed E-state index contributed by atoms with van der Waals surface area (Å²) in [5.74, 6) is 1.76. The van der Waals surface area contributed by atoms with Crippen LogP contribution in [0.4, 0.5) is 0 Å². The first-order valence-corrected chi connectivity index (χ1v) is 6.69. The number of halogens is 1. The zero-order chi connectivity index (χ0) is 13.5. The second-order valence-corrected chi connectivity index (χ2v) is 4.93. The number of ether oxygens (including phenoxy) is 2. The monoisotopic (exact) mass is 271 g/mol. The summed E-state index contributed by atoms with van der Waals surface area (Å²) in [5.41, 5.74) is 6.54. The number of hydrogen-bond donors (Lipinski definition) is 1. The number of hydrogen-bond acceptors (Lipinski definition) is 3. The molecular formula is C14H22ClNO2. The standard InChI is InChI=1S/C14H22ClNO2/c1-4-5-10(2)9-18-14-12(15)6-11(8-16)7-13(14)17-3/h6-7,10H,4-5,8-9,16H2,1-3H3. The Morgan fingerprint density at radius 3 is 2.67 bits per heavy atom. The summed E-state index contributed by atoms with van der Waals surface area (Å²) in [5, 5.41) is 0.554. The zero-order valence-corrected chi connectivity index (χ0v) is 12.1. The molecular weight excluding hydrogens is 250 g/mol. The molecule has 1 rings (SSSR count). The average Bonchev–Trinajstić information content (AvgIpc) is 2.36. The second-order valence-electron chi connectivity index (χ2n) is 4.52. The lowest BCUT2D eigenvalue weighted by Gasteiger charge is -2.16. The predicted molar refractivity (Wildman–Crippen MR) is 75.5 cm³/mol. The van der Waals surface area contributed by atoms with E-state index in [4.69, 9.17) is 26.8 Å². The van der Waals surface area contributed by atoms with Gasteiger partial charge in [0.1, 0.15) is 0 Å². The van der Waals surface area contributed by atoms with Gasteiger partial charge in [-0.2, -0.15) is 0 Å². The average molecular weight is 272 g/mol. The number of benzene rings is 1. The fourth-order valence-electron chi connectivity index (χ4n) is 1.83. The molecule has 0 fully saturated rings. The Kier molecular flexibility index (Phi) is 6.30. The van der Waals surface area contributed by atoms with E-state index in [0.29, 0.717) is 35.6 Å². The topological polar surface area (TPSA) is 44.5 Å². The van der Waals surface area contributed by atoms with E-state index in [-0.39, 0.29) is 0 Å². The Hall–Kier alpha value is -0.930. The van der Waals surface area contributed by atoms with Crippen LogP contribution in [0.1, 0.15) is 32.3 Å². The minimum atomic E-state index is 0.433. The molecule has 0 bridgehead atoms. The van der Waals surface area contributed by atoms with Crippen molar-refractivity contribution in [3.63, 3.8) is 0 Å². The normalized spacial score (nSPS) is 12.3. The molecule has 4 heteroatoms. The lowest BCUT2D eigenvalue weighted by molar-refractivity contribution is 0.240. The molecule has 0 saturated carbocycles. The van der Waals surface area contributed by atoms with E-state index in [9.17, 15) is 0 Å². The molecule has 0 saturated heterocycles. The molecule has 0 aromatic heterocycles. The molecule has 0 aliphatic heterocycles. The van der Waals surface area contributed by atoms with Crippen LogP contribution in [0.25, 0.3) is 0 Å². The van der Waals surface area contributed by atoms with Crippen LogP contribution in [0.15, 0.2) is 12.1 Å². The van der Waals surface area contributed by atoms with E-state index in [1.165, 1.54) is 0 Å².